The first-order valence-electron chi connectivity index (χ1n) is 9.84. The van der Waals surface area contributed by atoms with Crippen LogP contribution in [0.15, 0.2) is 54.6 Å². The summed E-state index contributed by atoms with van der Waals surface area (Å²) in [5.41, 5.74) is 9.57. The molecule has 0 amide bonds. The lowest BCUT2D eigenvalue weighted by Crippen LogP contribution is -2.31. The van der Waals surface area contributed by atoms with Gasteiger partial charge in [-0.2, -0.15) is 4.98 Å². The monoisotopic (exact) mass is 404 g/mol. The number of piperidine rings is 1. The fourth-order valence-electron chi connectivity index (χ4n) is 3.85. The van der Waals surface area contributed by atoms with Crippen LogP contribution < -0.4 is 10.6 Å². The summed E-state index contributed by atoms with van der Waals surface area (Å²) in [6, 6.07) is 17.5. The quantitative estimate of drug-likeness (QED) is 0.535. The number of benzene rings is 2. The molecule has 1 aliphatic heterocycles. The molecule has 29 heavy (non-hydrogen) atoms. The number of nitrogens with zero attached hydrogens (tertiary/aromatic N) is 5. The standard InChI is InChI=1S/C22H21ClN6/c23-17-12-6-5-11-16(17)19-18-20(24)29(15-9-3-1-4-10-15)27-21(18)26-22(25-19)28-13-7-2-8-14-28/h1,3-6,9-12H,2,7-8,13-14,24H2. The molecule has 2 aromatic heterocycles. The van der Waals surface area contributed by atoms with E-state index in [0.29, 0.717) is 22.4 Å². The fraction of sp³-hybridized carbons (Fsp3) is 0.227. The molecule has 0 bridgehead atoms. The topological polar surface area (TPSA) is 72.9 Å². The van der Waals surface area contributed by atoms with Gasteiger partial charge in [0.2, 0.25) is 5.95 Å². The number of hydrogen-bond acceptors (Lipinski definition) is 5. The first-order chi connectivity index (χ1) is 14.2. The van der Waals surface area contributed by atoms with Crippen molar-refractivity contribution in [2.75, 3.05) is 23.7 Å². The van der Waals surface area contributed by atoms with Gasteiger partial charge in [-0.15, -0.1) is 5.10 Å². The van der Waals surface area contributed by atoms with Gasteiger partial charge in [0.25, 0.3) is 0 Å². The predicted octanol–water partition coefficient (Wildman–Crippen LogP) is 4.71. The molecular formula is C22H21ClN6. The van der Waals surface area contributed by atoms with E-state index < -0.39 is 0 Å². The Kier molecular flexibility index (Phi) is 4.56. The van der Waals surface area contributed by atoms with Crippen LogP contribution in [0.25, 0.3) is 28.0 Å². The van der Waals surface area contributed by atoms with Crippen LogP contribution in [-0.2, 0) is 0 Å². The largest absolute Gasteiger partial charge is 0.383 e. The molecule has 6 nitrogen and oxygen atoms in total. The number of halogens is 1. The maximum Gasteiger partial charge on any atom is 0.228 e. The van der Waals surface area contributed by atoms with E-state index in [9.17, 15) is 0 Å². The zero-order chi connectivity index (χ0) is 19.8. The molecule has 146 valence electrons. The molecular weight excluding hydrogens is 384 g/mol. The number of hydrogen-bond donors (Lipinski definition) is 1. The van der Waals surface area contributed by atoms with E-state index in [1.54, 1.807) is 4.68 Å². The molecule has 0 spiro atoms. The molecule has 1 aliphatic rings. The van der Waals surface area contributed by atoms with Gasteiger partial charge in [-0.1, -0.05) is 48.0 Å². The van der Waals surface area contributed by atoms with Crippen molar-refractivity contribution in [3.63, 3.8) is 0 Å². The maximum atomic E-state index is 6.55. The lowest BCUT2D eigenvalue weighted by molar-refractivity contribution is 0.569. The Morgan fingerprint density at radius 2 is 1.59 bits per heavy atom. The minimum atomic E-state index is 0.506. The molecule has 0 atom stereocenters. The van der Waals surface area contributed by atoms with Gasteiger partial charge < -0.3 is 10.6 Å². The zero-order valence-electron chi connectivity index (χ0n) is 15.9. The van der Waals surface area contributed by atoms with Crippen LogP contribution in [0.3, 0.4) is 0 Å². The lowest BCUT2D eigenvalue weighted by atomic mass is 10.1. The summed E-state index contributed by atoms with van der Waals surface area (Å²) in [4.78, 5) is 11.9. The molecule has 3 heterocycles. The van der Waals surface area contributed by atoms with E-state index in [1.807, 2.05) is 54.6 Å². The van der Waals surface area contributed by atoms with Crippen molar-refractivity contribution in [2.45, 2.75) is 19.3 Å². The van der Waals surface area contributed by atoms with Gasteiger partial charge >= 0.3 is 0 Å². The van der Waals surface area contributed by atoms with E-state index in [0.717, 1.165) is 48.3 Å². The van der Waals surface area contributed by atoms with Crippen LogP contribution in [0.5, 0.6) is 0 Å². The van der Waals surface area contributed by atoms with Crippen molar-refractivity contribution in [3.8, 4) is 16.9 Å². The molecule has 1 saturated heterocycles. The molecule has 0 unspecified atom stereocenters. The van der Waals surface area contributed by atoms with Gasteiger partial charge in [-0.05, 0) is 37.5 Å². The summed E-state index contributed by atoms with van der Waals surface area (Å²) in [6.45, 7) is 1.89. The Labute approximate surface area is 173 Å². The second kappa shape index (κ2) is 7.37. The maximum absolute atomic E-state index is 6.55. The van der Waals surface area contributed by atoms with Crippen LogP contribution in [0.1, 0.15) is 19.3 Å². The number of nitrogen functional groups attached to an aromatic ring is 1. The van der Waals surface area contributed by atoms with Gasteiger partial charge in [0.1, 0.15) is 5.82 Å². The SMILES string of the molecule is Nc1c2c(-c3ccccc3Cl)nc(N3CCCCC3)nc2nn1-c1ccccc1. The predicted molar refractivity (Wildman–Crippen MR) is 118 cm³/mol. The van der Waals surface area contributed by atoms with Gasteiger partial charge in [0.05, 0.1) is 16.8 Å². The van der Waals surface area contributed by atoms with Crippen LogP contribution in [0.2, 0.25) is 5.02 Å². The molecule has 0 saturated carbocycles. The summed E-state index contributed by atoms with van der Waals surface area (Å²) in [6.07, 6.45) is 3.53. The van der Waals surface area contributed by atoms with E-state index in [4.69, 9.17) is 32.4 Å². The summed E-state index contributed by atoms with van der Waals surface area (Å²) in [5, 5.41) is 6.08. The van der Waals surface area contributed by atoms with Crippen LogP contribution in [0, 0.1) is 0 Å². The summed E-state index contributed by atoms with van der Waals surface area (Å²) >= 11 is 6.53. The molecule has 5 rings (SSSR count). The minimum absolute atomic E-state index is 0.506. The number of anilines is 2. The van der Waals surface area contributed by atoms with Gasteiger partial charge in [-0.25, -0.2) is 9.67 Å². The van der Waals surface area contributed by atoms with Crippen molar-refractivity contribution >= 4 is 34.4 Å². The molecule has 4 aromatic rings. The van der Waals surface area contributed by atoms with Crippen LogP contribution >= 0.6 is 11.6 Å². The Balaban J connectivity index is 1.77. The van der Waals surface area contributed by atoms with Crippen LogP contribution in [0.4, 0.5) is 11.8 Å². The molecule has 0 aliphatic carbocycles. The molecule has 0 radical (unpaired) electrons. The van der Waals surface area contributed by atoms with E-state index in [1.165, 1.54) is 6.42 Å². The van der Waals surface area contributed by atoms with Gasteiger partial charge in [0, 0.05) is 23.7 Å². The fourth-order valence-corrected chi connectivity index (χ4v) is 4.07. The molecule has 7 heteroatoms. The Morgan fingerprint density at radius 3 is 2.34 bits per heavy atom. The minimum Gasteiger partial charge on any atom is -0.383 e. The summed E-state index contributed by atoms with van der Waals surface area (Å²) in [7, 11) is 0. The smallest absolute Gasteiger partial charge is 0.228 e. The number of aromatic nitrogens is 4. The number of para-hydroxylation sites is 1. The average molecular weight is 405 g/mol. The van der Waals surface area contributed by atoms with Gasteiger partial charge in [0.15, 0.2) is 5.65 Å². The van der Waals surface area contributed by atoms with E-state index >= 15 is 0 Å². The van der Waals surface area contributed by atoms with Gasteiger partial charge in [-0.3, -0.25) is 0 Å². The third-order valence-corrected chi connectivity index (χ3v) is 5.66. The van der Waals surface area contributed by atoms with Crippen molar-refractivity contribution < 1.29 is 0 Å². The number of nitrogens with two attached hydrogens (primary N) is 1. The molecule has 2 aromatic carbocycles. The first-order valence-corrected chi connectivity index (χ1v) is 10.2. The van der Waals surface area contributed by atoms with E-state index in [-0.39, 0.29) is 0 Å². The number of fused-ring (bicyclic) bond motifs is 1. The highest BCUT2D eigenvalue weighted by Crippen LogP contribution is 2.36. The normalized spacial score (nSPS) is 14.4. The first kappa shape index (κ1) is 17.9. The Bertz CT molecular complexity index is 1160. The number of rotatable bonds is 3. The molecule has 1 fully saturated rings. The van der Waals surface area contributed by atoms with Crippen molar-refractivity contribution in [3.05, 3.63) is 59.6 Å². The van der Waals surface area contributed by atoms with E-state index in [2.05, 4.69) is 4.90 Å². The average Bonchev–Trinajstić information content (AvgIpc) is 3.11. The highest BCUT2D eigenvalue weighted by Gasteiger charge is 2.23. The Hall–Kier alpha value is -3.12. The van der Waals surface area contributed by atoms with Crippen molar-refractivity contribution in [2.24, 2.45) is 0 Å². The van der Waals surface area contributed by atoms with Crippen molar-refractivity contribution in [1.82, 2.24) is 19.7 Å². The second-order valence-corrected chi connectivity index (χ2v) is 7.64. The third kappa shape index (κ3) is 3.19. The Morgan fingerprint density at radius 1 is 0.862 bits per heavy atom. The zero-order valence-corrected chi connectivity index (χ0v) is 16.7. The molecule has 2 N–H and O–H groups in total. The summed E-state index contributed by atoms with van der Waals surface area (Å²) < 4.78 is 1.72. The highest BCUT2D eigenvalue weighted by atomic mass is 35.5. The van der Waals surface area contributed by atoms with Crippen molar-refractivity contribution in [1.29, 1.82) is 0 Å². The highest BCUT2D eigenvalue weighted by molar-refractivity contribution is 6.33. The van der Waals surface area contributed by atoms with Crippen LogP contribution in [-0.4, -0.2) is 32.8 Å². The second-order valence-electron chi connectivity index (χ2n) is 7.23. The summed E-state index contributed by atoms with van der Waals surface area (Å²) in [5.74, 6) is 1.19. The lowest BCUT2D eigenvalue weighted by Gasteiger charge is -2.26. The third-order valence-electron chi connectivity index (χ3n) is 5.33.